The summed E-state index contributed by atoms with van der Waals surface area (Å²) in [6.45, 7) is 7.86. The van der Waals surface area contributed by atoms with E-state index in [9.17, 15) is 0 Å². The van der Waals surface area contributed by atoms with Crippen LogP contribution in [0.4, 0.5) is 11.6 Å². The third-order valence-corrected chi connectivity index (χ3v) is 3.85. The van der Waals surface area contributed by atoms with E-state index >= 15 is 0 Å². The fourth-order valence-electron chi connectivity index (χ4n) is 2.79. The van der Waals surface area contributed by atoms with Gasteiger partial charge in [-0.15, -0.1) is 0 Å². The summed E-state index contributed by atoms with van der Waals surface area (Å²) >= 11 is 0. The van der Waals surface area contributed by atoms with Gasteiger partial charge in [0.2, 0.25) is 0 Å². The Hall–Kier alpha value is -1.40. The maximum Gasteiger partial charge on any atom is 0.158 e. The normalized spacial score (nSPS) is 23.0. The van der Waals surface area contributed by atoms with Crippen LogP contribution in [0.1, 0.15) is 26.1 Å². The SMILES string of the molecule is CCNc1cc(NC2CCN(C)CC2C)nc(COC)n1. The fraction of sp³-hybridized carbons (Fsp3) is 0.733. The van der Waals surface area contributed by atoms with Gasteiger partial charge in [0.05, 0.1) is 0 Å². The molecule has 2 atom stereocenters. The summed E-state index contributed by atoms with van der Waals surface area (Å²) in [4.78, 5) is 11.4. The first-order valence-electron chi connectivity index (χ1n) is 7.68. The van der Waals surface area contributed by atoms with E-state index in [0.717, 1.165) is 37.7 Å². The van der Waals surface area contributed by atoms with Crippen molar-refractivity contribution in [1.29, 1.82) is 0 Å². The van der Waals surface area contributed by atoms with E-state index in [0.29, 0.717) is 24.4 Å². The largest absolute Gasteiger partial charge is 0.377 e. The predicted octanol–water partition coefficient (Wildman–Crippen LogP) is 1.81. The number of hydrogen-bond acceptors (Lipinski definition) is 6. The molecule has 21 heavy (non-hydrogen) atoms. The maximum absolute atomic E-state index is 5.15. The van der Waals surface area contributed by atoms with Crippen LogP contribution in [0.5, 0.6) is 0 Å². The van der Waals surface area contributed by atoms with Gasteiger partial charge in [-0.2, -0.15) is 0 Å². The second-order valence-electron chi connectivity index (χ2n) is 5.80. The molecule has 1 aliphatic rings. The Morgan fingerprint density at radius 1 is 1.38 bits per heavy atom. The van der Waals surface area contributed by atoms with E-state index in [-0.39, 0.29) is 0 Å². The highest BCUT2D eigenvalue weighted by atomic mass is 16.5. The first kappa shape index (κ1) is 16.0. The minimum Gasteiger partial charge on any atom is -0.377 e. The van der Waals surface area contributed by atoms with Crippen LogP contribution in [0.25, 0.3) is 0 Å². The lowest BCUT2D eigenvalue weighted by atomic mass is 9.94. The summed E-state index contributed by atoms with van der Waals surface area (Å²) in [7, 11) is 3.84. The van der Waals surface area contributed by atoms with Crippen molar-refractivity contribution in [1.82, 2.24) is 14.9 Å². The van der Waals surface area contributed by atoms with Crippen molar-refractivity contribution < 1.29 is 4.74 Å². The zero-order chi connectivity index (χ0) is 15.2. The number of aromatic nitrogens is 2. The van der Waals surface area contributed by atoms with Crippen molar-refractivity contribution in [3.8, 4) is 0 Å². The van der Waals surface area contributed by atoms with E-state index in [4.69, 9.17) is 4.74 Å². The Morgan fingerprint density at radius 3 is 2.81 bits per heavy atom. The molecule has 0 saturated carbocycles. The summed E-state index contributed by atoms with van der Waals surface area (Å²) in [6, 6.07) is 2.44. The van der Waals surface area contributed by atoms with E-state index in [2.05, 4.69) is 46.4 Å². The van der Waals surface area contributed by atoms with Crippen molar-refractivity contribution in [2.45, 2.75) is 32.9 Å². The Morgan fingerprint density at radius 2 is 2.14 bits per heavy atom. The molecule has 6 heteroatoms. The van der Waals surface area contributed by atoms with Gasteiger partial charge in [-0.1, -0.05) is 6.92 Å². The summed E-state index contributed by atoms with van der Waals surface area (Å²) in [5.74, 6) is 3.04. The molecule has 118 valence electrons. The lowest BCUT2D eigenvalue weighted by Crippen LogP contribution is -2.43. The van der Waals surface area contributed by atoms with Crippen LogP contribution in [-0.2, 0) is 11.3 Å². The molecular formula is C15H27N5O. The zero-order valence-corrected chi connectivity index (χ0v) is 13.5. The van der Waals surface area contributed by atoms with E-state index in [1.165, 1.54) is 0 Å². The minimum absolute atomic E-state index is 0.427. The molecule has 2 heterocycles. The minimum atomic E-state index is 0.427. The molecule has 0 radical (unpaired) electrons. The molecule has 0 bridgehead atoms. The predicted molar refractivity (Wildman–Crippen MR) is 85.6 cm³/mol. The quantitative estimate of drug-likeness (QED) is 0.834. The summed E-state index contributed by atoms with van der Waals surface area (Å²) in [6.07, 6.45) is 1.14. The number of anilines is 2. The average molecular weight is 293 g/mol. The maximum atomic E-state index is 5.15. The van der Waals surface area contributed by atoms with Crippen LogP contribution < -0.4 is 10.6 Å². The molecule has 1 saturated heterocycles. The first-order valence-corrected chi connectivity index (χ1v) is 7.68. The molecule has 0 spiro atoms. The van der Waals surface area contributed by atoms with Crippen LogP contribution in [0.2, 0.25) is 0 Å². The fourth-order valence-corrected chi connectivity index (χ4v) is 2.79. The monoisotopic (exact) mass is 293 g/mol. The third-order valence-electron chi connectivity index (χ3n) is 3.85. The highest BCUT2D eigenvalue weighted by molar-refractivity contribution is 5.48. The number of likely N-dealkylation sites (tertiary alicyclic amines) is 1. The molecule has 0 amide bonds. The van der Waals surface area contributed by atoms with Crippen LogP contribution in [-0.4, -0.2) is 54.7 Å². The Kier molecular flexibility index (Phi) is 5.76. The van der Waals surface area contributed by atoms with Crippen molar-refractivity contribution in [3.63, 3.8) is 0 Å². The molecule has 1 aromatic heterocycles. The van der Waals surface area contributed by atoms with Crippen molar-refractivity contribution in [3.05, 3.63) is 11.9 Å². The average Bonchev–Trinajstić information content (AvgIpc) is 2.42. The number of hydrogen-bond donors (Lipinski definition) is 2. The number of rotatable bonds is 6. The number of piperidine rings is 1. The molecule has 2 unspecified atom stereocenters. The van der Waals surface area contributed by atoms with Gasteiger partial charge in [-0.25, -0.2) is 9.97 Å². The molecule has 2 rings (SSSR count). The number of methoxy groups -OCH3 is 1. The molecule has 1 aromatic rings. The van der Waals surface area contributed by atoms with E-state index in [1.807, 2.05) is 6.07 Å². The van der Waals surface area contributed by atoms with Gasteiger partial charge in [0, 0.05) is 32.3 Å². The number of nitrogens with one attached hydrogen (secondary N) is 2. The van der Waals surface area contributed by atoms with Gasteiger partial charge in [0.1, 0.15) is 18.2 Å². The highest BCUT2D eigenvalue weighted by Gasteiger charge is 2.24. The number of nitrogens with zero attached hydrogens (tertiary/aromatic N) is 3. The van der Waals surface area contributed by atoms with Crippen molar-refractivity contribution in [2.75, 3.05) is 44.4 Å². The van der Waals surface area contributed by atoms with Crippen molar-refractivity contribution >= 4 is 11.6 Å². The van der Waals surface area contributed by atoms with E-state index < -0.39 is 0 Å². The standard InChI is InChI=1S/C15H27N5O/c1-5-16-13-8-14(19-15(18-13)10-21-4)17-12-6-7-20(3)9-11(12)2/h8,11-12H,5-7,9-10H2,1-4H3,(H2,16,17,18,19). The molecular weight excluding hydrogens is 266 g/mol. The van der Waals surface area contributed by atoms with Crippen LogP contribution >= 0.6 is 0 Å². The molecule has 1 aliphatic heterocycles. The molecule has 6 nitrogen and oxygen atoms in total. The van der Waals surface area contributed by atoms with Crippen LogP contribution in [0, 0.1) is 5.92 Å². The van der Waals surface area contributed by atoms with Gasteiger partial charge in [-0.3, -0.25) is 0 Å². The Bertz CT molecular complexity index is 429. The zero-order valence-electron chi connectivity index (χ0n) is 13.5. The second kappa shape index (κ2) is 7.56. The molecule has 0 aliphatic carbocycles. The second-order valence-corrected chi connectivity index (χ2v) is 5.80. The molecule has 2 N–H and O–H groups in total. The van der Waals surface area contributed by atoms with Gasteiger partial charge < -0.3 is 20.3 Å². The number of ether oxygens (including phenoxy) is 1. The highest BCUT2D eigenvalue weighted by Crippen LogP contribution is 2.21. The molecule has 0 aromatic carbocycles. The van der Waals surface area contributed by atoms with Gasteiger partial charge in [-0.05, 0) is 32.9 Å². The van der Waals surface area contributed by atoms with Gasteiger partial charge in [0.25, 0.3) is 0 Å². The topological polar surface area (TPSA) is 62.3 Å². The summed E-state index contributed by atoms with van der Waals surface area (Å²) in [5, 5.41) is 6.82. The van der Waals surface area contributed by atoms with Gasteiger partial charge >= 0.3 is 0 Å². The Labute approximate surface area is 127 Å². The smallest absolute Gasteiger partial charge is 0.158 e. The lowest BCUT2D eigenvalue weighted by molar-refractivity contribution is 0.178. The summed E-state index contributed by atoms with van der Waals surface area (Å²) < 4.78 is 5.15. The summed E-state index contributed by atoms with van der Waals surface area (Å²) in [5.41, 5.74) is 0. The van der Waals surface area contributed by atoms with Crippen LogP contribution in [0.15, 0.2) is 6.07 Å². The van der Waals surface area contributed by atoms with Gasteiger partial charge in [0.15, 0.2) is 5.82 Å². The molecule has 1 fully saturated rings. The first-order chi connectivity index (χ1) is 10.1. The Balaban J connectivity index is 2.10. The lowest BCUT2D eigenvalue weighted by Gasteiger charge is -2.35. The van der Waals surface area contributed by atoms with E-state index in [1.54, 1.807) is 7.11 Å². The van der Waals surface area contributed by atoms with Crippen LogP contribution in [0.3, 0.4) is 0 Å². The van der Waals surface area contributed by atoms with Crippen molar-refractivity contribution in [2.24, 2.45) is 5.92 Å². The third kappa shape index (κ3) is 4.54.